The molecule has 2 amide bonds. The second-order valence-electron chi connectivity index (χ2n) is 6.10. The summed E-state index contributed by atoms with van der Waals surface area (Å²) in [5, 5.41) is 5.63. The van der Waals surface area contributed by atoms with E-state index in [2.05, 4.69) is 15.4 Å². The Morgan fingerprint density at radius 2 is 1.59 bits per heavy atom. The topological polar surface area (TPSA) is 67.4 Å². The van der Waals surface area contributed by atoms with E-state index >= 15 is 0 Å². The van der Waals surface area contributed by atoms with E-state index in [-0.39, 0.29) is 30.0 Å². The van der Waals surface area contributed by atoms with Crippen molar-refractivity contribution in [2.45, 2.75) is 39.0 Å². The summed E-state index contributed by atoms with van der Waals surface area (Å²) in [6, 6.07) is 14.6. The fourth-order valence-corrected chi connectivity index (χ4v) is 2.69. The molecule has 2 atom stereocenters. The van der Waals surface area contributed by atoms with Crippen molar-refractivity contribution in [1.29, 1.82) is 0 Å². The van der Waals surface area contributed by atoms with Crippen LogP contribution in [-0.2, 0) is 9.59 Å². The Labute approximate surface area is 156 Å². The zero-order chi connectivity index (χ0) is 19.8. The molecular formula is C20H22F2N2O3. The van der Waals surface area contributed by atoms with Gasteiger partial charge in [0, 0.05) is 6.92 Å². The van der Waals surface area contributed by atoms with Gasteiger partial charge in [0.15, 0.2) is 0 Å². The molecule has 0 aromatic heterocycles. The predicted molar refractivity (Wildman–Crippen MR) is 97.2 cm³/mol. The molecule has 0 spiro atoms. The van der Waals surface area contributed by atoms with Gasteiger partial charge in [0.05, 0.1) is 18.5 Å². The van der Waals surface area contributed by atoms with Gasteiger partial charge in [-0.05, 0) is 30.2 Å². The summed E-state index contributed by atoms with van der Waals surface area (Å²) in [6.45, 7) is 0.313. The molecule has 7 heteroatoms. The first-order valence-electron chi connectivity index (χ1n) is 8.51. The molecule has 2 N–H and O–H groups in total. The molecule has 2 unspecified atom stereocenters. The Hall–Kier alpha value is -2.96. The number of hydrogen-bond acceptors (Lipinski definition) is 3. The third kappa shape index (κ3) is 6.69. The molecule has 2 aromatic rings. The quantitative estimate of drug-likeness (QED) is 0.738. The molecule has 0 heterocycles. The van der Waals surface area contributed by atoms with Crippen LogP contribution >= 0.6 is 0 Å². The minimum atomic E-state index is -2.88. The van der Waals surface area contributed by atoms with E-state index < -0.39 is 12.7 Å². The number of carbonyl (C=O) groups is 2. The maximum Gasteiger partial charge on any atom is 0.387 e. The van der Waals surface area contributed by atoms with E-state index in [1.165, 1.54) is 19.1 Å². The molecule has 2 rings (SSSR count). The van der Waals surface area contributed by atoms with Crippen LogP contribution in [0.2, 0.25) is 0 Å². The van der Waals surface area contributed by atoms with Crippen molar-refractivity contribution in [2.75, 3.05) is 0 Å². The molecular weight excluding hydrogens is 354 g/mol. The van der Waals surface area contributed by atoms with Gasteiger partial charge in [0.25, 0.3) is 0 Å². The van der Waals surface area contributed by atoms with Gasteiger partial charge in [-0.3, -0.25) is 9.59 Å². The van der Waals surface area contributed by atoms with Crippen LogP contribution in [0.5, 0.6) is 5.75 Å². The highest BCUT2D eigenvalue weighted by atomic mass is 19.3. The second-order valence-corrected chi connectivity index (χ2v) is 6.10. The van der Waals surface area contributed by atoms with Crippen molar-refractivity contribution in [3.8, 4) is 5.75 Å². The van der Waals surface area contributed by atoms with Crippen molar-refractivity contribution in [3.63, 3.8) is 0 Å². The molecule has 0 saturated carbocycles. The van der Waals surface area contributed by atoms with Crippen LogP contribution in [0.25, 0.3) is 0 Å². The third-order valence-electron chi connectivity index (χ3n) is 3.95. The van der Waals surface area contributed by atoms with E-state index in [1.54, 1.807) is 19.1 Å². The number of ether oxygens (including phenoxy) is 1. The summed E-state index contributed by atoms with van der Waals surface area (Å²) in [6.07, 6.45) is 0.0838. The second kappa shape index (κ2) is 9.66. The number of carbonyl (C=O) groups excluding carboxylic acids is 2. The van der Waals surface area contributed by atoms with Crippen molar-refractivity contribution in [3.05, 3.63) is 65.7 Å². The average Bonchev–Trinajstić information content (AvgIpc) is 2.61. The van der Waals surface area contributed by atoms with E-state index in [0.717, 1.165) is 11.1 Å². The van der Waals surface area contributed by atoms with E-state index in [0.29, 0.717) is 0 Å². The normalized spacial score (nSPS) is 12.9. The zero-order valence-corrected chi connectivity index (χ0v) is 15.1. The molecule has 0 fully saturated rings. The number of nitrogens with one attached hydrogen (secondary N) is 2. The van der Waals surface area contributed by atoms with Crippen LogP contribution < -0.4 is 15.4 Å². The number of halogens is 2. The molecule has 0 aliphatic carbocycles. The molecule has 0 saturated heterocycles. The molecule has 0 bridgehead atoms. The maximum absolute atomic E-state index is 12.4. The molecule has 2 aromatic carbocycles. The van der Waals surface area contributed by atoms with Gasteiger partial charge in [0.2, 0.25) is 11.8 Å². The smallest absolute Gasteiger partial charge is 0.387 e. The monoisotopic (exact) mass is 376 g/mol. The van der Waals surface area contributed by atoms with Crippen molar-refractivity contribution < 1.29 is 23.1 Å². The first kappa shape index (κ1) is 20.4. The molecule has 5 nitrogen and oxygen atoms in total. The lowest BCUT2D eigenvalue weighted by atomic mass is 10.0. The highest BCUT2D eigenvalue weighted by molar-refractivity contribution is 5.79. The molecule has 27 heavy (non-hydrogen) atoms. The zero-order valence-electron chi connectivity index (χ0n) is 15.1. The van der Waals surface area contributed by atoms with Crippen LogP contribution in [0, 0.1) is 0 Å². The summed E-state index contributed by atoms with van der Waals surface area (Å²) in [4.78, 5) is 23.9. The molecule has 0 aliphatic heterocycles. The van der Waals surface area contributed by atoms with Gasteiger partial charge in [-0.1, -0.05) is 42.5 Å². The highest BCUT2D eigenvalue weighted by Crippen LogP contribution is 2.21. The minimum absolute atomic E-state index is 0.0575. The van der Waals surface area contributed by atoms with Crippen molar-refractivity contribution >= 4 is 11.8 Å². The van der Waals surface area contributed by atoms with Gasteiger partial charge < -0.3 is 15.4 Å². The predicted octanol–water partition coefficient (Wildman–Crippen LogP) is 3.73. The standard InChI is InChI=1S/C20H22F2N2O3/c1-13(15-8-10-17(11-9-15)27-20(21)22)23-19(26)12-18(24-14(2)25)16-6-4-3-5-7-16/h3-11,13,18,20H,12H2,1-2H3,(H,23,26)(H,24,25). The number of hydrogen-bond donors (Lipinski definition) is 2. The average molecular weight is 376 g/mol. The van der Waals surface area contributed by atoms with E-state index in [9.17, 15) is 18.4 Å². The summed E-state index contributed by atoms with van der Waals surface area (Å²) >= 11 is 0. The molecule has 0 radical (unpaired) electrons. The Balaban J connectivity index is 1.98. The highest BCUT2D eigenvalue weighted by Gasteiger charge is 2.18. The van der Waals surface area contributed by atoms with Gasteiger partial charge in [0.1, 0.15) is 5.75 Å². The number of rotatable bonds is 8. The minimum Gasteiger partial charge on any atom is -0.435 e. The Kier molecular flexibility index (Phi) is 7.28. The first-order valence-corrected chi connectivity index (χ1v) is 8.51. The van der Waals surface area contributed by atoms with Crippen LogP contribution in [0.15, 0.2) is 54.6 Å². The van der Waals surface area contributed by atoms with Crippen LogP contribution in [0.4, 0.5) is 8.78 Å². The SMILES string of the molecule is CC(=O)NC(CC(=O)NC(C)c1ccc(OC(F)F)cc1)c1ccccc1. The first-order chi connectivity index (χ1) is 12.8. The van der Waals surface area contributed by atoms with E-state index in [1.807, 2.05) is 30.3 Å². The number of amides is 2. The molecule has 144 valence electrons. The number of alkyl halides is 2. The van der Waals surface area contributed by atoms with Gasteiger partial charge in [-0.15, -0.1) is 0 Å². The van der Waals surface area contributed by atoms with E-state index in [4.69, 9.17) is 0 Å². The Morgan fingerprint density at radius 1 is 0.963 bits per heavy atom. The largest absolute Gasteiger partial charge is 0.435 e. The van der Waals surface area contributed by atoms with Crippen LogP contribution in [0.1, 0.15) is 43.5 Å². The van der Waals surface area contributed by atoms with Gasteiger partial charge >= 0.3 is 6.61 Å². The lowest BCUT2D eigenvalue weighted by molar-refractivity contribution is -0.123. The fraction of sp³-hybridized carbons (Fsp3) is 0.300. The maximum atomic E-state index is 12.4. The third-order valence-corrected chi connectivity index (χ3v) is 3.95. The lowest BCUT2D eigenvalue weighted by Gasteiger charge is -2.20. The fourth-order valence-electron chi connectivity index (χ4n) is 2.69. The summed E-state index contributed by atoms with van der Waals surface area (Å²) in [5.74, 6) is -0.403. The Bertz CT molecular complexity index is 752. The lowest BCUT2D eigenvalue weighted by Crippen LogP contribution is -2.33. The molecule has 0 aliphatic rings. The van der Waals surface area contributed by atoms with Crippen LogP contribution in [0.3, 0.4) is 0 Å². The van der Waals surface area contributed by atoms with Gasteiger partial charge in [-0.25, -0.2) is 0 Å². The number of benzene rings is 2. The summed E-state index contributed by atoms with van der Waals surface area (Å²) < 4.78 is 28.7. The summed E-state index contributed by atoms with van der Waals surface area (Å²) in [7, 11) is 0. The Morgan fingerprint density at radius 3 is 2.15 bits per heavy atom. The van der Waals surface area contributed by atoms with Gasteiger partial charge in [-0.2, -0.15) is 8.78 Å². The van der Waals surface area contributed by atoms with Crippen molar-refractivity contribution in [1.82, 2.24) is 10.6 Å². The van der Waals surface area contributed by atoms with Crippen LogP contribution in [-0.4, -0.2) is 18.4 Å². The van der Waals surface area contributed by atoms with Crippen molar-refractivity contribution in [2.24, 2.45) is 0 Å². The summed E-state index contributed by atoms with van der Waals surface area (Å²) in [5.41, 5.74) is 1.59.